The molecule has 1 aliphatic rings. The SMILES string of the molecule is c1ccc(C2CCSC2(c2ccccc2)c2ccccc2)cc1. The average molecular weight is 316 g/mol. The fraction of sp³-hybridized carbons (Fsp3) is 0.182. The highest BCUT2D eigenvalue weighted by Gasteiger charge is 2.46. The maximum Gasteiger partial charge on any atom is 0.0725 e. The molecule has 3 aromatic rings. The molecule has 0 aliphatic carbocycles. The number of benzene rings is 3. The van der Waals surface area contributed by atoms with Crippen LogP contribution in [0, 0.1) is 0 Å². The standard InChI is InChI=1S/C22H20S/c1-4-10-18(11-5-1)21-16-17-23-22(21,19-12-6-2-7-13-19)20-14-8-3-9-15-20/h1-15,21H,16-17H2. The van der Waals surface area contributed by atoms with Gasteiger partial charge in [-0.1, -0.05) is 91.0 Å². The van der Waals surface area contributed by atoms with Crippen LogP contribution in [0.25, 0.3) is 0 Å². The largest absolute Gasteiger partial charge is 0.145 e. The van der Waals surface area contributed by atoms with Crippen molar-refractivity contribution in [3.05, 3.63) is 108 Å². The third-order valence-corrected chi connectivity index (χ3v) is 6.49. The van der Waals surface area contributed by atoms with Gasteiger partial charge in [0.2, 0.25) is 0 Å². The smallest absolute Gasteiger partial charge is 0.0725 e. The summed E-state index contributed by atoms with van der Waals surface area (Å²) in [5, 5.41) is 0. The van der Waals surface area contributed by atoms with Crippen molar-refractivity contribution < 1.29 is 0 Å². The van der Waals surface area contributed by atoms with Crippen molar-refractivity contribution in [1.82, 2.24) is 0 Å². The van der Waals surface area contributed by atoms with E-state index >= 15 is 0 Å². The first-order valence-electron chi connectivity index (χ1n) is 8.21. The van der Waals surface area contributed by atoms with E-state index in [1.165, 1.54) is 28.9 Å². The lowest BCUT2D eigenvalue weighted by Gasteiger charge is -2.36. The van der Waals surface area contributed by atoms with Crippen molar-refractivity contribution in [2.24, 2.45) is 0 Å². The van der Waals surface area contributed by atoms with Crippen LogP contribution in [0.1, 0.15) is 29.0 Å². The first-order valence-corrected chi connectivity index (χ1v) is 9.20. The second-order valence-electron chi connectivity index (χ2n) is 6.07. The Balaban J connectivity index is 1.93. The topological polar surface area (TPSA) is 0 Å². The van der Waals surface area contributed by atoms with Gasteiger partial charge in [-0.05, 0) is 28.9 Å². The van der Waals surface area contributed by atoms with Gasteiger partial charge >= 0.3 is 0 Å². The van der Waals surface area contributed by atoms with Crippen molar-refractivity contribution in [2.75, 3.05) is 5.75 Å². The molecule has 0 nitrogen and oxygen atoms in total. The highest BCUT2D eigenvalue weighted by atomic mass is 32.2. The Bertz CT molecular complexity index is 710. The van der Waals surface area contributed by atoms with Gasteiger partial charge in [0.1, 0.15) is 0 Å². The predicted molar refractivity (Wildman–Crippen MR) is 99.9 cm³/mol. The summed E-state index contributed by atoms with van der Waals surface area (Å²) in [4.78, 5) is 0. The van der Waals surface area contributed by atoms with Crippen LogP contribution in [0.15, 0.2) is 91.0 Å². The third-order valence-electron chi connectivity index (χ3n) is 4.83. The van der Waals surface area contributed by atoms with Gasteiger partial charge < -0.3 is 0 Å². The molecule has 1 unspecified atom stereocenters. The van der Waals surface area contributed by atoms with E-state index in [-0.39, 0.29) is 4.75 Å². The normalized spacial score (nSPS) is 19.6. The molecular weight excluding hydrogens is 296 g/mol. The average Bonchev–Trinajstić information content (AvgIpc) is 3.10. The summed E-state index contributed by atoms with van der Waals surface area (Å²) in [7, 11) is 0. The molecule has 0 radical (unpaired) electrons. The zero-order chi connectivity index (χ0) is 15.5. The van der Waals surface area contributed by atoms with E-state index in [1.807, 2.05) is 0 Å². The van der Waals surface area contributed by atoms with Gasteiger partial charge in [-0.25, -0.2) is 0 Å². The molecule has 23 heavy (non-hydrogen) atoms. The van der Waals surface area contributed by atoms with E-state index in [0.717, 1.165) is 0 Å². The summed E-state index contributed by atoms with van der Waals surface area (Å²) in [5.41, 5.74) is 4.29. The lowest BCUT2D eigenvalue weighted by atomic mass is 9.75. The van der Waals surface area contributed by atoms with Gasteiger partial charge in [0, 0.05) is 5.92 Å². The van der Waals surface area contributed by atoms with Crippen LogP contribution in [0.2, 0.25) is 0 Å². The van der Waals surface area contributed by atoms with E-state index in [1.54, 1.807) is 0 Å². The minimum absolute atomic E-state index is 0.0177. The molecule has 0 spiro atoms. The Morgan fingerprint density at radius 1 is 0.652 bits per heavy atom. The summed E-state index contributed by atoms with van der Waals surface area (Å²) in [5.74, 6) is 1.71. The van der Waals surface area contributed by atoms with E-state index in [4.69, 9.17) is 0 Å². The molecule has 0 N–H and O–H groups in total. The number of hydrogen-bond donors (Lipinski definition) is 0. The van der Waals surface area contributed by atoms with Crippen LogP contribution >= 0.6 is 11.8 Å². The van der Waals surface area contributed by atoms with Gasteiger partial charge in [-0.15, -0.1) is 11.8 Å². The quantitative estimate of drug-likeness (QED) is 0.584. The Morgan fingerprint density at radius 2 is 1.13 bits per heavy atom. The maximum absolute atomic E-state index is 2.29. The second kappa shape index (κ2) is 6.25. The lowest BCUT2D eigenvalue weighted by Crippen LogP contribution is -2.27. The molecule has 1 heteroatoms. The summed E-state index contributed by atoms with van der Waals surface area (Å²) >= 11 is 2.10. The highest BCUT2D eigenvalue weighted by Crippen LogP contribution is 2.59. The first kappa shape index (κ1) is 14.6. The molecule has 1 saturated heterocycles. The summed E-state index contributed by atoms with van der Waals surface area (Å²) in [6.07, 6.45) is 1.22. The number of hydrogen-bond acceptors (Lipinski definition) is 1. The van der Waals surface area contributed by atoms with Crippen molar-refractivity contribution in [1.29, 1.82) is 0 Å². The van der Waals surface area contributed by atoms with Crippen molar-refractivity contribution in [3.63, 3.8) is 0 Å². The fourth-order valence-corrected chi connectivity index (χ4v) is 5.57. The van der Waals surface area contributed by atoms with Crippen LogP contribution < -0.4 is 0 Å². The molecule has 3 aromatic carbocycles. The zero-order valence-corrected chi connectivity index (χ0v) is 13.9. The minimum atomic E-state index is 0.0177. The molecule has 114 valence electrons. The lowest BCUT2D eigenvalue weighted by molar-refractivity contribution is 0.576. The zero-order valence-electron chi connectivity index (χ0n) is 13.1. The molecule has 0 bridgehead atoms. The fourth-order valence-electron chi connectivity index (χ4n) is 3.84. The Labute approximate surface area is 142 Å². The van der Waals surface area contributed by atoms with E-state index in [9.17, 15) is 0 Å². The highest BCUT2D eigenvalue weighted by molar-refractivity contribution is 8.00. The molecule has 1 aliphatic heterocycles. The minimum Gasteiger partial charge on any atom is -0.145 e. The van der Waals surface area contributed by atoms with E-state index in [0.29, 0.717) is 5.92 Å². The maximum atomic E-state index is 2.29. The molecule has 1 atom stereocenters. The second-order valence-corrected chi connectivity index (χ2v) is 7.41. The molecule has 4 rings (SSSR count). The van der Waals surface area contributed by atoms with Crippen LogP contribution in [0.5, 0.6) is 0 Å². The monoisotopic (exact) mass is 316 g/mol. The molecule has 0 saturated carbocycles. The Kier molecular flexibility index (Phi) is 3.97. The predicted octanol–water partition coefficient (Wildman–Crippen LogP) is 5.85. The number of thioether (sulfide) groups is 1. The van der Waals surface area contributed by atoms with Gasteiger partial charge in [-0.3, -0.25) is 0 Å². The van der Waals surface area contributed by atoms with Crippen molar-refractivity contribution >= 4 is 11.8 Å². The van der Waals surface area contributed by atoms with Crippen molar-refractivity contribution in [3.8, 4) is 0 Å². The summed E-state index contributed by atoms with van der Waals surface area (Å²) in [6, 6.07) is 33.1. The van der Waals surface area contributed by atoms with E-state index < -0.39 is 0 Å². The first-order chi connectivity index (χ1) is 11.4. The van der Waals surface area contributed by atoms with Crippen LogP contribution in [-0.2, 0) is 4.75 Å². The van der Waals surface area contributed by atoms with Crippen LogP contribution in [0.4, 0.5) is 0 Å². The molecule has 0 aromatic heterocycles. The van der Waals surface area contributed by atoms with Crippen LogP contribution in [0.3, 0.4) is 0 Å². The Morgan fingerprint density at radius 3 is 1.65 bits per heavy atom. The van der Waals surface area contributed by atoms with Gasteiger partial charge in [0.15, 0.2) is 0 Å². The number of rotatable bonds is 3. The summed E-state index contributed by atoms with van der Waals surface area (Å²) < 4.78 is 0.0177. The molecule has 0 amide bonds. The van der Waals surface area contributed by atoms with Gasteiger partial charge in [0.05, 0.1) is 4.75 Å². The molecular formula is C22H20S. The van der Waals surface area contributed by atoms with Crippen LogP contribution in [-0.4, -0.2) is 5.75 Å². The molecule has 1 fully saturated rings. The van der Waals surface area contributed by atoms with Crippen molar-refractivity contribution in [2.45, 2.75) is 17.1 Å². The summed E-state index contributed by atoms with van der Waals surface area (Å²) in [6.45, 7) is 0. The third kappa shape index (κ3) is 2.49. The molecule has 1 heterocycles. The van der Waals surface area contributed by atoms with Gasteiger partial charge in [-0.2, -0.15) is 0 Å². The van der Waals surface area contributed by atoms with Gasteiger partial charge in [0.25, 0.3) is 0 Å². The Hall–Kier alpha value is -1.99. The van der Waals surface area contributed by atoms with E-state index in [2.05, 4.69) is 103 Å².